The molecular formula is C26H29N3O2S2. The molecule has 0 aliphatic heterocycles. The third-order valence-electron chi connectivity index (χ3n) is 5.88. The molecular weight excluding hydrogens is 450 g/mol. The number of aromatic nitrogens is 2. The fourth-order valence-electron chi connectivity index (χ4n) is 4.00. The van der Waals surface area contributed by atoms with Crippen LogP contribution in [0.1, 0.15) is 32.8 Å². The van der Waals surface area contributed by atoms with Crippen LogP contribution in [-0.2, 0) is 17.8 Å². The normalized spacial score (nSPS) is 12.3. The number of fused-ring (bicyclic) bond motifs is 3. The topological polar surface area (TPSA) is 55.2 Å². The van der Waals surface area contributed by atoms with E-state index in [1.165, 1.54) is 28.7 Å². The Balaban J connectivity index is 1.79. The van der Waals surface area contributed by atoms with Crippen molar-refractivity contribution in [1.82, 2.24) is 14.5 Å². The van der Waals surface area contributed by atoms with Crippen LogP contribution in [0.2, 0.25) is 0 Å². The van der Waals surface area contributed by atoms with Crippen molar-refractivity contribution in [3.63, 3.8) is 0 Å². The summed E-state index contributed by atoms with van der Waals surface area (Å²) in [6.07, 6.45) is 1.41. The third-order valence-corrected chi connectivity index (χ3v) is 8.37. The van der Waals surface area contributed by atoms with Crippen molar-refractivity contribution in [2.24, 2.45) is 0 Å². The van der Waals surface area contributed by atoms with E-state index in [1.54, 1.807) is 4.57 Å². The fourth-order valence-corrected chi connectivity index (χ4v) is 6.21. The highest BCUT2D eigenvalue weighted by molar-refractivity contribution is 8.00. The number of carbonyl (C=O) groups excluding carboxylic acids is 1. The Morgan fingerprint density at radius 1 is 1.06 bits per heavy atom. The van der Waals surface area contributed by atoms with E-state index in [0.29, 0.717) is 35.9 Å². The van der Waals surface area contributed by atoms with E-state index in [-0.39, 0.29) is 16.7 Å². The highest BCUT2D eigenvalue weighted by atomic mass is 32.2. The minimum atomic E-state index is -0.276. The molecule has 33 heavy (non-hydrogen) atoms. The maximum atomic E-state index is 13.7. The summed E-state index contributed by atoms with van der Waals surface area (Å²) in [4.78, 5) is 33.6. The van der Waals surface area contributed by atoms with Crippen LogP contribution in [0.25, 0.3) is 20.3 Å². The molecule has 0 aliphatic carbocycles. The summed E-state index contributed by atoms with van der Waals surface area (Å²) >= 11 is 2.92. The van der Waals surface area contributed by atoms with Gasteiger partial charge < -0.3 is 4.90 Å². The smallest absolute Gasteiger partial charge is 0.272 e. The molecule has 172 valence electrons. The molecule has 5 nitrogen and oxygen atoms in total. The predicted molar refractivity (Wildman–Crippen MR) is 139 cm³/mol. The first kappa shape index (κ1) is 23.5. The first-order chi connectivity index (χ1) is 16.1. The van der Waals surface area contributed by atoms with Gasteiger partial charge in [0.25, 0.3) is 5.56 Å². The molecule has 0 saturated heterocycles. The molecule has 0 radical (unpaired) electrons. The van der Waals surface area contributed by atoms with Crippen LogP contribution in [-0.4, -0.2) is 38.7 Å². The summed E-state index contributed by atoms with van der Waals surface area (Å²) in [6, 6.07) is 18.2. The summed E-state index contributed by atoms with van der Waals surface area (Å²) in [7, 11) is 0. The van der Waals surface area contributed by atoms with Gasteiger partial charge in [-0.1, -0.05) is 67.2 Å². The van der Waals surface area contributed by atoms with Crippen molar-refractivity contribution in [2.75, 3.05) is 13.1 Å². The van der Waals surface area contributed by atoms with Crippen molar-refractivity contribution in [2.45, 2.75) is 50.6 Å². The molecule has 0 saturated carbocycles. The third kappa shape index (κ3) is 4.84. The monoisotopic (exact) mass is 479 g/mol. The van der Waals surface area contributed by atoms with Crippen molar-refractivity contribution >= 4 is 49.3 Å². The number of amides is 1. The van der Waals surface area contributed by atoms with Crippen molar-refractivity contribution < 1.29 is 4.79 Å². The minimum absolute atomic E-state index is 0.0234. The van der Waals surface area contributed by atoms with Crippen LogP contribution in [0.15, 0.2) is 64.5 Å². The van der Waals surface area contributed by atoms with Gasteiger partial charge >= 0.3 is 0 Å². The van der Waals surface area contributed by atoms with Gasteiger partial charge in [0.1, 0.15) is 4.70 Å². The van der Waals surface area contributed by atoms with Crippen LogP contribution < -0.4 is 5.56 Å². The lowest BCUT2D eigenvalue weighted by atomic mass is 10.1. The maximum absolute atomic E-state index is 13.7. The molecule has 0 fully saturated rings. The largest absolute Gasteiger partial charge is 0.342 e. The van der Waals surface area contributed by atoms with E-state index in [4.69, 9.17) is 4.98 Å². The number of benzene rings is 2. The van der Waals surface area contributed by atoms with Gasteiger partial charge in [-0.25, -0.2) is 4.98 Å². The van der Waals surface area contributed by atoms with Crippen LogP contribution in [0, 0.1) is 0 Å². The molecule has 4 aromatic rings. The number of aryl methyl sites for hydroxylation is 1. The van der Waals surface area contributed by atoms with Crippen molar-refractivity contribution in [3.05, 3.63) is 70.5 Å². The molecule has 0 N–H and O–H groups in total. The highest BCUT2D eigenvalue weighted by Gasteiger charge is 2.25. The lowest BCUT2D eigenvalue weighted by Gasteiger charge is -2.24. The zero-order valence-electron chi connectivity index (χ0n) is 19.3. The number of thiophene rings is 1. The first-order valence-corrected chi connectivity index (χ1v) is 13.2. The predicted octanol–water partition coefficient (Wildman–Crippen LogP) is 5.59. The summed E-state index contributed by atoms with van der Waals surface area (Å²) in [5.41, 5.74) is 1.89. The average Bonchev–Trinajstić information content (AvgIpc) is 3.22. The lowest BCUT2D eigenvalue weighted by molar-refractivity contribution is -0.130. The van der Waals surface area contributed by atoms with Crippen molar-refractivity contribution in [3.8, 4) is 0 Å². The fraction of sp³-hybridized carbons (Fsp3) is 0.346. The number of hydrogen-bond donors (Lipinski definition) is 0. The van der Waals surface area contributed by atoms with Crippen LogP contribution in [0.3, 0.4) is 0 Å². The highest BCUT2D eigenvalue weighted by Crippen LogP contribution is 2.33. The number of thioether (sulfide) groups is 1. The zero-order valence-corrected chi connectivity index (χ0v) is 20.9. The zero-order chi connectivity index (χ0) is 23.4. The number of rotatable bonds is 9. The number of nitrogens with zero attached hydrogens (tertiary/aromatic N) is 3. The Hall–Kier alpha value is -2.64. The van der Waals surface area contributed by atoms with Gasteiger partial charge in [0.2, 0.25) is 5.91 Å². The summed E-state index contributed by atoms with van der Waals surface area (Å²) in [5, 5.41) is 1.34. The SMILES string of the molecule is CC[C@@H](Sc1nc2c(sc3ccccc32)c(=O)n1CCc1ccccc1)C(=O)N(CC)CC. The van der Waals surface area contributed by atoms with Crippen LogP contribution in [0.5, 0.6) is 0 Å². The minimum Gasteiger partial charge on any atom is -0.342 e. The van der Waals surface area contributed by atoms with E-state index in [0.717, 1.165) is 22.0 Å². The molecule has 0 bridgehead atoms. The second-order valence-electron chi connectivity index (χ2n) is 7.89. The van der Waals surface area contributed by atoms with Gasteiger partial charge in [0.05, 0.1) is 10.8 Å². The van der Waals surface area contributed by atoms with Crippen LogP contribution in [0.4, 0.5) is 0 Å². The van der Waals surface area contributed by atoms with Gasteiger partial charge in [-0.3, -0.25) is 14.2 Å². The molecule has 0 spiro atoms. The van der Waals surface area contributed by atoms with Gasteiger partial charge in [0, 0.05) is 29.7 Å². The molecule has 2 aromatic heterocycles. The van der Waals surface area contributed by atoms with Gasteiger partial charge in [-0.15, -0.1) is 11.3 Å². The molecule has 1 amide bonds. The Kier molecular flexibility index (Phi) is 7.50. The molecule has 0 aliphatic rings. The Labute approximate surface area is 202 Å². The first-order valence-electron chi connectivity index (χ1n) is 11.5. The molecule has 4 rings (SSSR count). The second-order valence-corrected chi connectivity index (χ2v) is 10.1. The van der Waals surface area contributed by atoms with Gasteiger partial charge in [0.15, 0.2) is 5.16 Å². The second kappa shape index (κ2) is 10.5. The lowest BCUT2D eigenvalue weighted by Crippen LogP contribution is -2.37. The van der Waals surface area contributed by atoms with E-state index >= 15 is 0 Å². The van der Waals surface area contributed by atoms with E-state index < -0.39 is 0 Å². The van der Waals surface area contributed by atoms with E-state index in [2.05, 4.69) is 12.1 Å². The Morgan fingerprint density at radius 3 is 2.45 bits per heavy atom. The average molecular weight is 480 g/mol. The molecule has 0 unspecified atom stereocenters. The standard InChI is InChI=1S/C26H29N3O2S2/c1-4-20(24(30)28(5-2)6-3)33-26-27-22-19-14-10-11-15-21(19)32-23(22)25(31)29(26)17-16-18-12-8-7-9-13-18/h7-15,20H,4-6,16-17H2,1-3H3/t20-/m1/s1. The van der Waals surface area contributed by atoms with E-state index in [1.807, 2.05) is 68.1 Å². The van der Waals surface area contributed by atoms with Crippen molar-refractivity contribution in [1.29, 1.82) is 0 Å². The molecule has 7 heteroatoms. The van der Waals surface area contributed by atoms with Gasteiger partial charge in [-0.2, -0.15) is 0 Å². The maximum Gasteiger partial charge on any atom is 0.272 e. The van der Waals surface area contributed by atoms with E-state index in [9.17, 15) is 9.59 Å². The summed E-state index contributed by atoms with van der Waals surface area (Å²) < 4.78 is 3.50. The summed E-state index contributed by atoms with van der Waals surface area (Å²) in [5.74, 6) is 0.103. The molecule has 1 atom stereocenters. The molecule has 2 heterocycles. The van der Waals surface area contributed by atoms with Crippen LogP contribution >= 0.6 is 23.1 Å². The quantitative estimate of drug-likeness (QED) is 0.232. The number of carbonyl (C=O) groups is 1. The molecule has 2 aromatic carbocycles. The Morgan fingerprint density at radius 2 is 1.76 bits per heavy atom. The van der Waals surface area contributed by atoms with Gasteiger partial charge in [-0.05, 0) is 38.3 Å². The Bertz CT molecular complexity index is 1310. The summed E-state index contributed by atoms with van der Waals surface area (Å²) in [6.45, 7) is 7.89. The number of hydrogen-bond acceptors (Lipinski definition) is 5.